The summed E-state index contributed by atoms with van der Waals surface area (Å²) in [4.78, 5) is 10.7. The summed E-state index contributed by atoms with van der Waals surface area (Å²) < 4.78 is 29.7. The minimum atomic E-state index is -3.27. The highest BCUT2D eigenvalue weighted by Gasteiger charge is 2.41. The lowest BCUT2D eigenvalue weighted by atomic mass is 10.2. The van der Waals surface area contributed by atoms with Crippen LogP contribution in [0, 0.1) is 0 Å². The lowest BCUT2D eigenvalue weighted by Crippen LogP contribution is -2.13. The van der Waals surface area contributed by atoms with E-state index in [4.69, 9.17) is 11.6 Å². The molecule has 0 unspecified atom stereocenters. The fourth-order valence-corrected chi connectivity index (χ4v) is 2.12. The van der Waals surface area contributed by atoms with Crippen LogP contribution in [-0.4, -0.2) is 11.7 Å². The maximum atomic E-state index is 12.7. The Balaban J connectivity index is 2.49. The molecule has 0 saturated heterocycles. The second-order valence-corrected chi connectivity index (χ2v) is 4.13. The van der Waals surface area contributed by atoms with Gasteiger partial charge in [-0.1, -0.05) is 11.6 Å². The van der Waals surface area contributed by atoms with Gasteiger partial charge in [0.25, 0.3) is 0 Å². The first kappa shape index (κ1) is 9.73. The molecule has 14 heavy (non-hydrogen) atoms. The Hall–Kier alpha value is -0.810. The Labute approximate surface area is 87.2 Å². The van der Waals surface area contributed by atoms with Crippen LogP contribution in [0.5, 0.6) is 5.75 Å². The minimum absolute atomic E-state index is 0.00787. The van der Waals surface area contributed by atoms with Gasteiger partial charge in [0.15, 0.2) is 6.29 Å². The normalized spacial score (nSPS) is 17.4. The van der Waals surface area contributed by atoms with E-state index in [9.17, 15) is 13.6 Å². The fourth-order valence-electron chi connectivity index (χ4n) is 1.08. The van der Waals surface area contributed by atoms with Gasteiger partial charge >= 0.3 is 5.44 Å². The number of aldehydes is 1. The third-order valence-corrected chi connectivity index (χ3v) is 2.83. The van der Waals surface area contributed by atoms with Gasteiger partial charge in [-0.15, -0.1) is 0 Å². The average Bonchev–Trinajstić information content (AvgIpc) is 2.36. The summed E-state index contributed by atoms with van der Waals surface area (Å²) in [6, 6.07) is 2.50. The number of rotatable bonds is 1. The molecule has 1 aliphatic rings. The van der Waals surface area contributed by atoms with Gasteiger partial charge in [0.05, 0.1) is 9.92 Å². The van der Waals surface area contributed by atoms with E-state index in [1.54, 1.807) is 0 Å². The van der Waals surface area contributed by atoms with E-state index in [0.717, 1.165) is 0 Å². The van der Waals surface area contributed by atoms with Crippen LogP contribution in [0.1, 0.15) is 10.4 Å². The molecule has 0 bridgehead atoms. The van der Waals surface area contributed by atoms with Gasteiger partial charge in [0, 0.05) is 5.56 Å². The highest BCUT2D eigenvalue weighted by Crippen LogP contribution is 2.50. The molecule has 0 atom stereocenters. The topological polar surface area (TPSA) is 26.3 Å². The molecule has 0 saturated carbocycles. The van der Waals surface area contributed by atoms with Crippen LogP contribution in [0.15, 0.2) is 17.0 Å². The van der Waals surface area contributed by atoms with Crippen molar-refractivity contribution < 1.29 is 18.3 Å². The first-order valence-electron chi connectivity index (χ1n) is 3.56. The predicted molar refractivity (Wildman–Crippen MR) is 48.3 cm³/mol. The second-order valence-electron chi connectivity index (χ2n) is 2.61. The second kappa shape index (κ2) is 3.10. The molecule has 0 amide bonds. The van der Waals surface area contributed by atoms with Gasteiger partial charge in [-0.05, 0) is 23.9 Å². The molecule has 74 valence electrons. The predicted octanol–water partition coefficient (Wildman–Crippen LogP) is 3.19. The summed E-state index contributed by atoms with van der Waals surface area (Å²) in [6.45, 7) is 0. The number of halogens is 3. The number of hydrogen-bond acceptors (Lipinski definition) is 3. The van der Waals surface area contributed by atoms with Gasteiger partial charge in [0.1, 0.15) is 5.75 Å². The summed E-state index contributed by atoms with van der Waals surface area (Å²) >= 11 is 5.93. The fraction of sp³-hybridized carbons (Fsp3) is 0.125. The number of fused-ring (bicyclic) bond motifs is 1. The van der Waals surface area contributed by atoms with Gasteiger partial charge in [-0.25, -0.2) is 0 Å². The van der Waals surface area contributed by atoms with Crippen molar-refractivity contribution in [1.82, 2.24) is 0 Å². The molecular formula is C8H3ClF2O2S. The Morgan fingerprint density at radius 3 is 2.86 bits per heavy atom. The lowest BCUT2D eigenvalue weighted by Gasteiger charge is -2.05. The highest BCUT2D eigenvalue weighted by molar-refractivity contribution is 8.00. The van der Waals surface area contributed by atoms with E-state index in [0.29, 0.717) is 6.29 Å². The molecule has 0 aliphatic carbocycles. The zero-order chi connectivity index (χ0) is 10.3. The number of ether oxygens (including phenoxy) is 1. The summed E-state index contributed by atoms with van der Waals surface area (Å²) in [5, 5.41) is 0.146. The third kappa shape index (κ3) is 1.57. The highest BCUT2D eigenvalue weighted by atomic mass is 35.5. The van der Waals surface area contributed by atoms with Crippen molar-refractivity contribution >= 4 is 29.6 Å². The molecule has 0 N–H and O–H groups in total. The van der Waals surface area contributed by atoms with Crippen LogP contribution in [0.2, 0.25) is 5.02 Å². The minimum Gasteiger partial charge on any atom is -0.423 e. The maximum absolute atomic E-state index is 12.7. The molecule has 0 fully saturated rings. The number of alkyl halides is 2. The van der Waals surface area contributed by atoms with E-state index in [2.05, 4.69) is 4.74 Å². The maximum Gasteiger partial charge on any atom is 0.457 e. The Kier molecular flexibility index (Phi) is 2.16. The van der Waals surface area contributed by atoms with E-state index < -0.39 is 5.44 Å². The first-order valence-corrected chi connectivity index (χ1v) is 4.76. The standard InChI is InChI=1S/C8H3ClF2O2S/c9-5-2-7-6(1-4(5)3-12)13-8(10,11)14-7/h1-3H. The monoisotopic (exact) mass is 236 g/mol. The molecule has 0 spiro atoms. The summed E-state index contributed by atoms with van der Waals surface area (Å²) in [7, 11) is 0. The van der Waals surface area contributed by atoms with Crippen molar-refractivity contribution in [3.8, 4) is 5.75 Å². The van der Waals surface area contributed by atoms with Crippen molar-refractivity contribution in [3.05, 3.63) is 22.7 Å². The van der Waals surface area contributed by atoms with E-state index >= 15 is 0 Å². The molecular weight excluding hydrogens is 234 g/mol. The van der Waals surface area contributed by atoms with Crippen LogP contribution in [0.3, 0.4) is 0 Å². The SMILES string of the molecule is O=Cc1cc2c(cc1Cl)SC(F)(F)O2. The molecule has 1 aromatic rings. The number of carbonyl (C=O) groups is 1. The molecule has 1 heterocycles. The molecule has 2 nitrogen and oxygen atoms in total. The van der Waals surface area contributed by atoms with Gasteiger partial charge in [0.2, 0.25) is 0 Å². The summed E-state index contributed by atoms with van der Waals surface area (Å²) in [5.74, 6) is -0.00787. The van der Waals surface area contributed by atoms with Gasteiger partial charge in [-0.3, -0.25) is 4.79 Å². The number of thioether (sulfide) groups is 1. The number of benzene rings is 1. The van der Waals surface area contributed by atoms with E-state index in [1.807, 2.05) is 0 Å². The van der Waals surface area contributed by atoms with Gasteiger partial charge in [-0.2, -0.15) is 8.78 Å². The Bertz CT molecular complexity index is 409. The number of carbonyl (C=O) groups excluding carboxylic acids is 1. The quantitative estimate of drug-likeness (QED) is 0.701. The summed E-state index contributed by atoms with van der Waals surface area (Å²) in [6.07, 6.45) is 0.493. The molecule has 0 aromatic heterocycles. The average molecular weight is 237 g/mol. The van der Waals surface area contributed by atoms with Gasteiger partial charge < -0.3 is 4.74 Å². The molecule has 0 radical (unpaired) electrons. The largest absolute Gasteiger partial charge is 0.457 e. The number of hydrogen-bond donors (Lipinski definition) is 0. The van der Waals surface area contributed by atoms with Crippen LogP contribution >= 0.6 is 23.4 Å². The van der Waals surface area contributed by atoms with Crippen molar-refractivity contribution in [2.24, 2.45) is 0 Å². The van der Waals surface area contributed by atoms with Crippen LogP contribution in [0.25, 0.3) is 0 Å². The third-order valence-electron chi connectivity index (χ3n) is 1.65. The molecule has 1 aromatic carbocycles. The van der Waals surface area contributed by atoms with E-state index in [1.165, 1.54) is 12.1 Å². The lowest BCUT2D eigenvalue weighted by molar-refractivity contribution is -0.0822. The molecule has 2 rings (SSSR count). The van der Waals surface area contributed by atoms with Crippen LogP contribution in [-0.2, 0) is 0 Å². The molecule has 1 aliphatic heterocycles. The van der Waals surface area contributed by atoms with Crippen molar-refractivity contribution in [3.63, 3.8) is 0 Å². The molecule has 6 heteroatoms. The van der Waals surface area contributed by atoms with Crippen molar-refractivity contribution in [1.29, 1.82) is 0 Å². The zero-order valence-corrected chi connectivity index (χ0v) is 8.16. The summed E-state index contributed by atoms with van der Waals surface area (Å²) in [5.41, 5.74) is -3.13. The van der Waals surface area contributed by atoms with E-state index in [-0.39, 0.29) is 33.0 Å². The Morgan fingerprint density at radius 2 is 2.21 bits per heavy atom. The van der Waals surface area contributed by atoms with Crippen molar-refractivity contribution in [2.45, 2.75) is 10.3 Å². The Morgan fingerprint density at radius 1 is 1.50 bits per heavy atom. The first-order chi connectivity index (χ1) is 6.52. The van der Waals surface area contributed by atoms with Crippen LogP contribution < -0.4 is 4.74 Å². The smallest absolute Gasteiger partial charge is 0.423 e. The van der Waals surface area contributed by atoms with Crippen LogP contribution in [0.4, 0.5) is 8.78 Å². The van der Waals surface area contributed by atoms with Crippen molar-refractivity contribution in [2.75, 3.05) is 0 Å². The zero-order valence-electron chi connectivity index (χ0n) is 6.59.